The lowest BCUT2D eigenvalue weighted by Crippen LogP contribution is -2.28. The molecular formula is C10H17BO3. The second-order valence-electron chi connectivity index (χ2n) is 3.50. The topological polar surface area (TPSA) is 27.7 Å². The van der Waals surface area contributed by atoms with Crippen molar-refractivity contribution in [2.75, 3.05) is 27.4 Å². The van der Waals surface area contributed by atoms with Gasteiger partial charge >= 0.3 is 0 Å². The fourth-order valence-corrected chi connectivity index (χ4v) is 1.73. The van der Waals surface area contributed by atoms with E-state index in [9.17, 15) is 0 Å². The average molecular weight is 196 g/mol. The predicted octanol–water partition coefficient (Wildman–Crippen LogP) is 0.735. The van der Waals surface area contributed by atoms with Crippen molar-refractivity contribution < 1.29 is 14.2 Å². The highest BCUT2D eigenvalue weighted by molar-refractivity contribution is 6.11. The van der Waals surface area contributed by atoms with E-state index >= 15 is 0 Å². The molecule has 0 aromatic rings. The van der Waals surface area contributed by atoms with E-state index < -0.39 is 0 Å². The van der Waals surface area contributed by atoms with Gasteiger partial charge in [0.05, 0.1) is 12.7 Å². The zero-order valence-electron chi connectivity index (χ0n) is 8.86. The van der Waals surface area contributed by atoms with Gasteiger partial charge in [0.25, 0.3) is 0 Å². The van der Waals surface area contributed by atoms with Gasteiger partial charge in [-0.3, -0.25) is 0 Å². The Morgan fingerprint density at radius 3 is 2.86 bits per heavy atom. The van der Waals surface area contributed by atoms with Gasteiger partial charge in [0.2, 0.25) is 0 Å². The van der Waals surface area contributed by atoms with Crippen LogP contribution < -0.4 is 0 Å². The van der Waals surface area contributed by atoms with Gasteiger partial charge in [-0.2, -0.15) is 0 Å². The van der Waals surface area contributed by atoms with Crippen molar-refractivity contribution in [3.8, 4) is 0 Å². The van der Waals surface area contributed by atoms with Crippen LogP contribution in [0.2, 0.25) is 0 Å². The molecule has 78 valence electrons. The van der Waals surface area contributed by atoms with E-state index in [2.05, 4.69) is 6.58 Å². The Balaban J connectivity index is 2.50. The summed E-state index contributed by atoms with van der Waals surface area (Å²) in [5.41, 5.74) is 1.05. The van der Waals surface area contributed by atoms with Crippen LogP contribution in [-0.4, -0.2) is 47.4 Å². The average Bonchev–Trinajstić information content (AvgIpc) is 2.56. The molecule has 0 aromatic carbocycles. The SMILES string of the molecule is [B][C@@H]1OC[C@H](OC)C1C(=C)CCOC. The summed E-state index contributed by atoms with van der Waals surface area (Å²) >= 11 is 0. The first-order valence-corrected chi connectivity index (χ1v) is 4.77. The number of hydrogen-bond donors (Lipinski definition) is 0. The molecule has 4 heteroatoms. The van der Waals surface area contributed by atoms with Crippen LogP contribution in [-0.2, 0) is 14.2 Å². The van der Waals surface area contributed by atoms with Crippen molar-refractivity contribution in [2.45, 2.75) is 18.5 Å². The maximum atomic E-state index is 5.81. The summed E-state index contributed by atoms with van der Waals surface area (Å²) in [7, 11) is 9.16. The van der Waals surface area contributed by atoms with Crippen molar-refractivity contribution in [1.29, 1.82) is 0 Å². The third-order valence-electron chi connectivity index (χ3n) is 2.61. The van der Waals surface area contributed by atoms with Crippen molar-refractivity contribution in [3.63, 3.8) is 0 Å². The van der Waals surface area contributed by atoms with Crippen LogP contribution in [0.15, 0.2) is 12.2 Å². The maximum Gasteiger partial charge on any atom is 0.109 e. The summed E-state index contributed by atoms with van der Waals surface area (Å²) in [4.78, 5) is 0. The minimum atomic E-state index is -0.288. The van der Waals surface area contributed by atoms with Gasteiger partial charge in [0.1, 0.15) is 7.85 Å². The van der Waals surface area contributed by atoms with Crippen LogP contribution >= 0.6 is 0 Å². The molecule has 2 radical (unpaired) electrons. The summed E-state index contributed by atoms with van der Waals surface area (Å²) in [5.74, 6) is 0.0927. The van der Waals surface area contributed by atoms with Crippen molar-refractivity contribution in [1.82, 2.24) is 0 Å². The zero-order valence-corrected chi connectivity index (χ0v) is 8.86. The van der Waals surface area contributed by atoms with E-state index in [0.717, 1.165) is 12.0 Å². The van der Waals surface area contributed by atoms with Crippen LogP contribution in [0.4, 0.5) is 0 Å². The molecule has 0 spiro atoms. The highest BCUT2D eigenvalue weighted by Gasteiger charge is 2.35. The molecule has 1 aliphatic heterocycles. The van der Waals surface area contributed by atoms with Gasteiger partial charge in [-0.15, -0.1) is 0 Å². The Hall–Kier alpha value is -0.315. The number of ether oxygens (including phenoxy) is 3. The normalized spacial score (nSPS) is 32.0. The van der Waals surface area contributed by atoms with E-state index in [0.29, 0.717) is 13.2 Å². The monoisotopic (exact) mass is 196 g/mol. The molecule has 3 nitrogen and oxygen atoms in total. The Morgan fingerprint density at radius 2 is 2.29 bits per heavy atom. The second-order valence-corrected chi connectivity index (χ2v) is 3.50. The van der Waals surface area contributed by atoms with Gasteiger partial charge in [0.15, 0.2) is 0 Å². The molecule has 0 bridgehead atoms. The van der Waals surface area contributed by atoms with Gasteiger partial charge in [-0.1, -0.05) is 12.2 Å². The first kappa shape index (κ1) is 11.8. The minimum absolute atomic E-state index is 0.0364. The number of rotatable bonds is 5. The van der Waals surface area contributed by atoms with E-state index in [1.165, 1.54) is 0 Å². The third-order valence-corrected chi connectivity index (χ3v) is 2.61. The van der Waals surface area contributed by atoms with Gasteiger partial charge in [-0.25, -0.2) is 0 Å². The third kappa shape index (κ3) is 2.59. The Bertz CT molecular complexity index is 196. The van der Waals surface area contributed by atoms with E-state index in [-0.39, 0.29) is 18.0 Å². The highest BCUT2D eigenvalue weighted by atomic mass is 16.5. The smallest absolute Gasteiger partial charge is 0.109 e. The van der Waals surface area contributed by atoms with Crippen LogP contribution in [0.25, 0.3) is 0 Å². The van der Waals surface area contributed by atoms with Crippen LogP contribution in [0.3, 0.4) is 0 Å². The summed E-state index contributed by atoms with van der Waals surface area (Å²) in [5, 5.41) is 0. The molecule has 14 heavy (non-hydrogen) atoms. The largest absolute Gasteiger partial charge is 0.385 e. The molecule has 0 N–H and O–H groups in total. The lowest BCUT2D eigenvalue weighted by molar-refractivity contribution is 0.0702. The Kier molecular flexibility index (Phi) is 4.65. The fourth-order valence-electron chi connectivity index (χ4n) is 1.73. The summed E-state index contributed by atoms with van der Waals surface area (Å²) < 4.78 is 15.6. The van der Waals surface area contributed by atoms with Crippen LogP contribution in [0.1, 0.15) is 6.42 Å². The van der Waals surface area contributed by atoms with E-state index in [4.69, 9.17) is 22.1 Å². The minimum Gasteiger partial charge on any atom is -0.385 e. The zero-order chi connectivity index (χ0) is 10.6. The standard InChI is InChI=1S/C10H17BO3/c1-7(4-5-12-2)9-8(13-3)6-14-10(9)11/h8-10H,1,4-6H2,2-3H3/t8-,9?,10+/m0/s1. The maximum absolute atomic E-state index is 5.81. The van der Waals surface area contributed by atoms with Gasteiger partial charge in [-0.05, 0) is 6.42 Å². The summed E-state index contributed by atoms with van der Waals surface area (Å²) in [6.45, 7) is 5.22. The predicted molar refractivity (Wildman–Crippen MR) is 55.4 cm³/mol. The number of methoxy groups -OCH3 is 2. The Labute approximate surface area is 86.8 Å². The molecule has 1 rings (SSSR count). The molecule has 1 fully saturated rings. The molecule has 0 aliphatic carbocycles. The van der Waals surface area contributed by atoms with Crippen molar-refractivity contribution in [3.05, 3.63) is 12.2 Å². The molecular weight excluding hydrogens is 179 g/mol. The van der Waals surface area contributed by atoms with E-state index in [1.54, 1.807) is 14.2 Å². The summed E-state index contributed by atoms with van der Waals surface area (Å²) in [6, 6.07) is -0.288. The van der Waals surface area contributed by atoms with Crippen molar-refractivity contribution in [2.24, 2.45) is 5.92 Å². The lowest BCUT2D eigenvalue weighted by atomic mass is 9.80. The summed E-state index contributed by atoms with van der Waals surface area (Å²) in [6.07, 6.45) is 0.840. The molecule has 0 aromatic heterocycles. The molecule has 1 saturated heterocycles. The molecule has 1 aliphatic rings. The first-order chi connectivity index (χ1) is 6.70. The molecule has 0 amide bonds. The fraction of sp³-hybridized carbons (Fsp3) is 0.800. The Morgan fingerprint density at radius 1 is 1.57 bits per heavy atom. The quantitative estimate of drug-likeness (QED) is 0.479. The van der Waals surface area contributed by atoms with Crippen LogP contribution in [0.5, 0.6) is 0 Å². The molecule has 0 saturated carbocycles. The number of hydrogen-bond acceptors (Lipinski definition) is 3. The van der Waals surface area contributed by atoms with Crippen LogP contribution in [0, 0.1) is 5.92 Å². The van der Waals surface area contributed by atoms with Gasteiger partial charge < -0.3 is 14.2 Å². The van der Waals surface area contributed by atoms with Gasteiger partial charge in [0, 0.05) is 32.7 Å². The highest BCUT2D eigenvalue weighted by Crippen LogP contribution is 2.29. The van der Waals surface area contributed by atoms with Crippen molar-refractivity contribution >= 4 is 7.85 Å². The second kappa shape index (κ2) is 5.54. The first-order valence-electron chi connectivity index (χ1n) is 4.77. The lowest BCUT2D eigenvalue weighted by Gasteiger charge is -2.22. The molecule has 3 atom stereocenters. The molecule has 1 heterocycles. The van der Waals surface area contributed by atoms with E-state index in [1.807, 2.05) is 0 Å². The molecule has 1 unspecified atom stereocenters.